The van der Waals surface area contributed by atoms with E-state index in [1.54, 1.807) is 30.0 Å². The standard InChI is InChI=1S/C35H43F2N3O3/c1-22-8-5-12-28(36)31(22)34(42)40-17-7-11-27(33(41)39-26-10-6-9-24(21-26)35(2,3)4)32(40)23-13-14-30(29(37)20-23)38-25-15-18-43-19-16-25/h5-6,8-10,12-14,21,23,25,27,32,38H,7,11,15-20H2,1-4H3,(H,39,41)/t23?,27?,32-/m0/s1. The Morgan fingerprint density at radius 1 is 1.02 bits per heavy atom. The third-order valence-corrected chi connectivity index (χ3v) is 8.95. The number of ether oxygens (including phenoxy) is 1. The Morgan fingerprint density at radius 2 is 1.77 bits per heavy atom. The van der Waals surface area contributed by atoms with Crippen LogP contribution < -0.4 is 10.6 Å². The maximum absolute atomic E-state index is 15.7. The van der Waals surface area contributed by atoms with Crippen molar-refractivity contribution in [2.45, 2.75) is 77.3 Å². The minimum Gasteiger partial charge on any atom is -0.381 e. The Bertz CT molecular complexity index is 1390. The van der Waals surface area contributed by atoms with Gasteiger partial charge in [0.05, 0.1) is 23.2 Å². The van der Waals surface area contributed by atoms with E-state index in [1.807, 2.05) is 30.3 Å². The molecule has 5 rings (SSSR count). The van der Waals surface area contributed by atoms with Crippen molar-refractivity contribution < 1.29 is 23.1 Å². The minimum atomic E-state index is -0.641. The Morgan fingerprint density at radius 3 is 2.47 bits per heavy atom. The fourth-order valence-corrected chi connectivity index (χ4v) is 6.53. The number of likely N-dealkylation sites (tertiary alicyclic amines) is 1. The molecule has 3 aliphatic rings. The lowest BCUT2D eigenvalue weighted by Crippen LogP contribution is -2.55. The van der Waals surface area contributed by atoms with E-state index in [-0.39, 0.29) is 35.2 Å². The molecule has 3 atom stereocenters. The second-order valence-corrected chi connectivity index (χ2v) is 13.1. The van der Waals surface area contributed by atoms with Gasteiger partial charge in [0.15, 0.2) is 0 Å². The number of allylic oxidation sites excluding steroid dienone is 2. The van der Waals surface area contributed by atoms with E-state index in [9.17, 15) is 9.59 Å². The van der Waals surface area contributed by atoms with Gasteiger partial charge in [-0.3, -0.25) is 9.59 Å². The topological polar surface area (TPSA) is 70.7 Å². The summed E-state index contributed by atoms with van der Waals surface area (Å²) in [5.74, 6) is -2.62. The number of anilines is 1. The smallest absolute Gasteiger partial charge is 0.257 e. The molecule has 6 nitrogen and oxygen atoms in total. The molecule has 2 aromatic rings. The van der Waals surface area contributed by atoms with Gasteiger partial charge in [-0.2, -0.15) is 0 Å². The van der Waals surface area contributed by atoms with Gasteiger partial charge >= 0.3 is 0 Å². The first-order valence-electron chi connectivity index (χ1n) is 15.4. The Hall–Kier alpha value is -3.52. The molecule has 2 fully saturated rings. The van der Waals surface area contributed by atoms with E-state index in [0.29, 0.717) is 49.5 Å². The van der Waals surface area contributed by atoms with Crippen molar-refractivity contribution in [3.05, 3.63) is 88.6 Å². The molecule has 8 heteroatoms. The van der Waals surface area contributed by atoms with Gasteiger partial charge in [-0.1, -0.05) is 51.1 Å². The fraction of sp³-hybridized carbons (Fsp3) is 0.486. The van der Waals surface area contributed by atoms with Gasteiger partial charge in [-0.15, -0.1) is 0 Å². The van der Waals surface area contributed by atoms with Crippen LogP contribution in [-0.2, 0) is 14.9 Å². The van der Waals surface area contributed by atoms with E-state index in [0.717, 1.165) is 18.4 Å². The lowest BCUT2D eigenvalue weighted by Gasteiger charge is -2.44. The van der Waals surface area contributed by atoms with Crippen molar-refractivity contribution in [3.8, 4) is 0 Å². The van der Waals surface area contributed by atoms with Crippen LogP contribution >= 0.6 is 0 Å². The largest absolute Gasteiger partial charge is 0.381 e. The SMILES string of the molecule is Cc1cccc(F)c1C(=O)N1CCCC(C(=O)Nc2cccc(C(C)(C)C)c2)[C@@H]1C1C=CC(NC2CCOCC2)=C(F)C1. The summed E-state index contributed by atoms with van der Waals surface area (Å²) in [5.41, 5.74) is 2.65. The molecule has 0 bridgehead atoms. The number of amides is 2. The minimum absolute atomic E-state index is 0.00381. The monoisotopic (exact) mass is 591 g/mol. The van der Waals surface area contributed by atoms with Gasteiger partial charge in [0.2, 0.25) is 5.91 Å². The molecule has 0 radical (unpaired) electrons. The number of halogens is 2. The molecular formula is C35H43F2N3O3. The summed E-state index contributed by atoms with van der Waals surface area (Å²) in [6.45, 7) is 9.69. The number of hydrogen-bond donors (Lipinski definition) is 2. The van der Waals surface area contributed by atoms with Crippen molar-refractivity contribution in [2.75, 3.05) is 25.1 Å². The molecular weight excluding hydrogens is 548 g/mol. The third-order valence-electron chi connectivity index (χ3n) is 8.95. The summed E-state index contributed by atoms with van der Waals surface area (Å²) >= 11 is 0. The number of hydrogen-bond acceptors (Lipinski definition) is 4. The van der Waals surface area contributed by atoms with Gasteiger partial charge in [0, 0.05) is 43.8 Å². The van der Waals surface area contributed by atoms with E-state index < -0.39 is 29.6 Å². The Kier molecular flexibility index (Phi) is 9.35. The van der Waals surface area contributed by atoms with Crippen LogP contribution in [0.25, 0.3) is 0 Å². The number of nitrogens with one attached hydrogen (secondary N) is 2. The molecule has 43 heavy (non-hydrogen) atoms. The molecule has 0 aromatic heterocycles. The summed E-state index contributed by atoms with van der Waals surface area (Å²) in [4.78, 5) is 29.6. The molecule has 230 valence electrons. The summed E-state index contributed by atoms with van der Waals surface area (Å²) in [6, 6.07) is 11.8. The lowest BCUT2D eigenvalue weighted by atomic mass is 9.77. The average Bonchev–Trinajstić information content (AvgIpc) is 2.98. The van der Waals surface area contributed by atoms with Gasteiger partial charge in [0.1, 0.15) is 11.6 Å². The van der Waals surface area contributed by atoms with Crippen LogP contribution in [0.1, 0.15) is 74.4 Å². The van der Waals surface area contributed by atoms with Crippen LogP contribution in [0.4, 0.5) is 14.5 Å². The first-order chi connectivity index (χ1) is 20.5. The van der Waals surface area contributed by atoms with Gasteiger partial charge < -0.3 is 20.3 Å². The Labute approximate surface area is 253 Å². The summed E-state index contributed by atoms with van der Waals surface area (Å²) < 4.78 is 36.1. The van der Waals surface area contributed by atoms with Crippen molar-refractivity contribution in [1.82, 2.24) is 10.2 Å². The van der Waals surface area contributed by atoms with Crippen molar-refractivity contribution in [2.24, 2.45) is 11.8 Å². The third kappa shape index (κ3) is 7.01. The summed E-state index contributed by atoms with van der Waals surface area (Å²) in [5, 5.41) is 6.40. The number of aryl methyl sites for hydroxylation is 1. The number of nitrogens with zero attached hydrogens (tertiary/aromatic N) is 1. The number of piperidine rings is 1. The quantitative estimate of drug-likeness (QED) is 0.387. The Balaban J connectivity index is 1.44. The van der Waals surface area contributed by atoms with Crippen LogP contribution in [0.3, 0.4) is 0 Å². The van der Waals surface area contributed by atoms with Crippen LogP contribution in [0, 0.1) is 24.6 Å². The molecule has 2 unspecified atom stereocenters. The number of benzene rings is 2. The molecule has 2 amide bonds. The van der Waals surface area contributed by atoms with Crippen molar-refractivity contribution >= 4 is 17.5 Å². The van der Waals surface area contributed by atoms with E-state index in [4.69, 9.17) is 4.74 Å². The van der Waals surface area contributed by atoms with Crippen LogP contribution in [0.5, 0.6) is 0 Å². The normalized spacial score (nSPS) is 23.3. The zero-order valence-corrected chi connectivity index (χ0v) is 25.6. The molecule has 2 N–H and O–H groups in total. The highest BCUT2D eigenvalue weighted by Crippen LogP contribution is 2.38. The number of carbonyl (C=O) groups excluding carboxylic acids is 2. The zero-order chi connectivity index (χ0) is 30.7. The highest BCUT2D eigenvalue weighted by molar-refractivity contribution is 5.98. The second kappa shape index (κ2) is 13.0. The number of rotatable bonds is 6. The van der Waals surface area contributed by atoms with Crippen molar-refractivity contribution in [3.63, 3.8) is 0 Å². The van der Waals surface area contributed by atoms with Crippen LogP contribution in [0.2, 0.25) is 0 Å². The van der Waals surface area contributed by atoms with Gasteiger partial charge in [-0.05, 0) is 73.4 Å². The van der Waals surface area contributed by atoms with Gasteiger partial charge in [0.25, 0.3) is 5.91 Å². The fourth-order valence-electron chi connectivity index (χ4n) is 6.53. The van der Waals surface area contributed by atoms with E-state index >= 15 is 8.78 Å². The predicted octanol–water partition coefficient (Wildman–Crippen LogP) is 6.82. The van der Waals surface area contributed by atoms with Gasteiger partial charge in [-0.25, -0.2) is 8.78 Å². The summed E-state index contributed by atoms with van der Waals surface area (Å²) in [6.07, 6.45) is 6.44. The summed E-state index contributed by atoms with van der Waals surface area (Å²) in [7, 11) is 0. The maximum atomic E-state index is 15.7. The van der Waals surface area contributed by atoms with E-state index in [2.05, 4.69) is 31.4 Å². The first kappa shape index (κ1) is 30.9. The van der Waals surface area contributed by atoms with Crippen LogP contribution in [-0.4, -0.2) is 48.6 Å². The molecule has 1 aliphatic carbocycles. The molecule has 2 aromatic carbocycles. The molecule has 0 saturated carbocycles. The molecule has 0 spiro atoms. The zero-order valence-electron chi connectivity index (χ0n) is 25.6. The van der Waals surface area contributed by atoms with Crippen molar-refractivity contribution in [1.29, 1.82) is 0 Å². The first-order valence-corrected chi connectivity index (χ1v) is 15.4. The maximum Gasteiger partial charge on any atom is 0.257 e. The lowest BCUT2D eigenvalue weighted by molar-refractivity contribution is -0.123. The number of carbonyl (C=O) groups is 2. The predicted molar refractivity (Wildman–Crippen MR) is 165 cm³/mol. The molecule has 2 heterocycles. The second-order valence-electron chi connectivity index (χ2n) is 13.1. The average molecular weight is 592 g/mol. The highest BCUT2D eigenvalue weighted by Gasteiger charge is 2.44. The molecule has 2 saturated heterocycles. The van der Waals surface area contributed by atoms with Crippen LogP contribution in [0.15, 0.2) is 66.1 Å². The molecule has 2 aliphatic heterocycles. The van der Waals surface area contributed by atoms with E-state index in [1.165, 1.54) is 6.07 Å². The highest BCUT2D eigenvalue weighted by atomic mass is 19.1.